The minimum atomic E-state index is -0.290. The highest BCUT2D eigenvalue weighted by Crippen LogP contribution is 2.39. The molecule has 3 aromatic carbocycles. The predicted octanol–water partition coefficient (Wildman–Crippen LogP) is 5.50. The fourth-order valence-corrected chi connectivity index (χ4v) is 3.07. The van der Waals surface area contributed by atoms with Crippen LogP contribution in [0.5, 0.6) is 17.2 Å². The van der Waals surface area contributed by atoms with Gasteiger partial charge in [0.25, 0.3) is 5.91 Å². The van der Waals surface area contributed by atoms with Crippen molar-refractivity contribution in [2.75, 3.05) is 19.5 Å². The summed E-state index contributed by atoms with van der Waals surface area (Å²) in [5.74, 6) is 0.983. The number of carbonyl (C=O) groups excluding carboxylic acids is 1. The first kappa shape index (κ1) is 20.6. The maximum atomic E-state index is 12.8. The van der Waals surface area contributed by atoms with Crippen LogP contribution in [0.1, 0.15) is 21.5 Å². The Kier molecular flexibility index (Phi) is 6.62. The van der Waals surface area contributed by atoms with E-state index in [0.29, 0.717) is 40.1 Å². The van der Waals surface area contributed by atoms with Crippen LogP contribution in [-0.2, 0) is 6.61 Å². The Hall–Kier alpha value is -3.18. The van der Waals surface area contributed by atoms with Gasteiger partial charge in [0, 0.05) is 16.3 Å². The zero-order valence-electron chi connectivity index (χ0n) is 16.5. The van der Waals surface area contributed by atoms with Crippen LogP contribution in [-0.4, -0.2) is 20.1 Å². The molecule has 0 bridgehead atoms. The first-order chi connectivity index (χ1) is 14.0. The van der Waals surface area contributed by atoms with Gasteiger partial charge in [0.1, 0.15) is 6.61 Å². The van der Waals surface area contributed by atoms with Gasteiger partial charge < -0.3 is 19.5 Å². The third kappa shape index (κ3) is 5.00. The summed E-state index contributed by atoms with van der Waals surface area (Å²) in [6, 6.07) is 18.3. The van der Waals surface area contributed by atoms with Crippen LogP contribution < -0.4 is 19.5 Å². The summed E-state index contributed by atoms with van der Waals surface area (Å²) in [6.45, 7) is 2.23. The zero-order valence-corrected chi connectivity index (χ0v) is 17.2. The number of ether oxygens (including phenoxy) is 3. The monoisotopic (exact) mass is 411 g/mol. The molecule has 29 heavy (non-hydrogen) atoms. The Bertz CT molecular complexity index is 980. The molecule has 0 fully saturated rings. The van der Waals surface area contributed by atoms with Gasteiger partial charge in [-0.15, -0.1) is 0 Å². The summed E-state index contributed by atoms with van der Waals surface area (Å²) < 4.78 is 16.8. The van der Waals surface area contributed by atoms with Gasteiger partial charge in [0.15, 0.2) is 11.5 Å². The summed E-state index contributed by atoms with van der Waals surface area (Å²) in [4.78, 5) is 12.8. The number of carbonyl (C=O) groups is 1. The molecule has 0 aliphatic rings. The van der Waals surface area contributed by atoms with Crippen LogP contribution in [0, 0.1) is 6.92 Å². The van der Waals surface area contributed by atoms with Crippen molar-refractivity contribution in [2.45, 2.75) is 13.5 Å². The first-order valence-electron chi connectivity index (χ1n) is 9.02. The van der Waals surface area contributed by atoms with E-state index in [2.05, 4.69) is 5.32 Å². The number of rotatable bonds is 7. The summed E-state index contributed by atoms with van der Waals surface area (Å²) in [5.41, 5.74) is 2.95. The molecule has 150 valence electrons. The van der Waals surface area contributed by atoms with Crippen LogP contribution in [0.25, 0.3) is 0 Å². The molecule has 3 aromatic rings. The van der Waals surface area contributed by atoms with Crippen LogP contribution >= 0.6 is 11.6 Å². The molecule has 0 aliphatic carbocycles. The third-order valence-corrected chi connectivity index (χ3v) is 4.62. The van der Waals surface area contributed by atoms with Gasteiger partial charge >= 0.3 is 0 Å². The molecule has 0 radical (unpaired) electrons. The second kappa shape index (κ2) is 9.34. The lowest BCUT2D eigenvalue weighted by molar-refractivity contribution is 0.102. The average molecular weight is 412 g/mol. The third-order valence-electron chi connectivity index (χ3n) is 4.39. The molecule has 0 unspecified atom stereocenters. The normalized spacial score (nSPS) is 10.3. The first-order valence-corrected chi connectivity index (χ1v) is 9.40. The Labute approximate surface area is 175 Å². The van der Waals surface area contributed by atoms with E-state index in [0.717, 1.165) is 11.1 Å². The number of methoxy groups -OCH3 is 2. The second-order valence-electron chi connectivity index (χ2n) is 6.40. The molecule has 0 atom stereocenters. The molecule has 1 amide bonds. The second-order valence-corrected chi connectivity index (χ2v) is 6.83. The van der Waals surface area contributed by atoms with Crippen LogP contribution in [0.3, 0.4) is 0 Å². The minimum Gasteiger partial charge on any atom is -0.493 e. The van der Waals surface area contributed by atoms with Crippen molar-refractivity contribution < 1.29 is 19.0 Å². The van der Waals surface area contributed by atoms with Crippen LogP contribution in [0.15, 0.2) is 60.7 Å². The van der Waals surface area contributed by atoms with E-state index in [1.54, 1.807) is 30.3 Å². The lowest BCUT2D eigenvalue weighted by Crippen LogP contribution is -2.13. The highest BCUT2D eigenvalue weighted by atomic mass is 35.5. The van der Waals surface area contributed by atoms with Gasteiger partial charge in [0.2, 0.25) is 5.75 Å². The molecule has 3 rings (SSSR count). The Balaban J connectivity index is 1.85. The van der Waals surface area contributed by atoms with E-state index < -0.39 is 0 Å². The van der Waals surface area contributed by atoms with E-state index >= 15 is 0 Å². The zero-order chi connectivity index (χ0) is 20.8. The number of amides is 1. The van der Waals surface area contributed by atoms with Crippen LogP contribution in [0.4, 0.5) is 5.69 Å². The maximum absolute atomic E-state index is 12.8. The van der Waals surface area contributed by atoms with Gasteiger partial charge in [-0.2, -0.15) is 0 Å². The van der Waals surface area contributed by atoms with Crippen molar-refractivity contribution in [1.82, 2.24) is 0 Å². The Morgan fingerprint density at radius 2 is 1.62 bits per heavy atom. The van der Waals surface area contributed by atoms with E-state index in [-0.39, 0.29) is 5.91 Å². The van der Waals surface area contributed by atoms with Gasteiger partial charge in [-0.1, -0.05) is 41.9 Å². The summed E-state index contributed by atoms with van der Waals surface area (Å²) in [7, 11) is 3.05. The molecule has 0 spiro atoms. The number of hydrogen-bond donors (Lipinski definition) is 1. The number of hydrogen-bond acceptors (Lipinski definition) is 4. The Morgan fingerprint density at radius 3 is 2.21 bits per heavy atom. The van der Waals surface area contributed by atoms with Crippen molar-refractivity contribution in [1.29, 1.82) is 0 Å². The van der Waals surface area contributed by atoms with Crippen molar-refractivity contribution in [3.05, 3.63) is 82.4 Å². The van der Waals surface area contributed by atoms with Crippen molar-refractivity contribution in [2.24, 2.45) is 0 Å². The summed E-state index contributed by atoms with van der Waals surface area (Å²) in [6.07, 6.45) is 0. The molecule has 1 N–H and O–H groups in total. The van der Waals surface area contributed by atoms with Gasteiger partial charge in [0.05, 0.1) is 14.2 Å². The molecule has 0 saturated heterocycles. The molecule has 0 saturated carbocycles. The summed E-state index contributed by atoms with van der Waals surface area (Å²) >= 11 is 5.98. The largest absolute Gasteiger partial charge is 0.493 e. The topological polar surface area (TPSA) is 56.8 Å². The van der Waals surface area contributed by atoms with E-state index in [9.17, 15) is 4.79 Å². The SMILES string of the molecule is COc1cc(C(=O)Nc2ccc(Cl)cc2C)cc(OC)c1OCc1ccccc1. The number of aryl methyl sites for hydroxylation is 1. The van der Waals surface area contributed by atoms with Crippen molar-refractivity contribution in [3.8, 4) is 17.2 Å². The highest BCUT2D eigenvalue weighted by Gasteiger charge is 2.18. The van der Waals surface area contributed by atoms with Gasteiger partial charge in [-0.3, -0.25) is 4.79 Å². The van der Waals surface area contributed by atoms with Crippen LogP contribution in [0.2, 0.25) is 5.02 Å². The quantitative estimate of drug-likeness (QED) is 0.558. The van der Waals surface area contributed by atoms with E-state index in [4.69, 9.17) is 25.8 Å². The lowest BCUT2D eigenvalue weighted by Gasteiger charge is -2.16. The lowest BCUT2D eigenvalue weighted by atomic mass is 10.1. The molecular formula is C23H22ClNO4. The van der Waals surface area contributed by atoms with Gasteiger partial charge in [-0.05, 0) is 48.4 Å². The number of benzene rings is 3. The average Bonchev–Trinajstić information content (AvgIpc) is 2.74. The smallest absolute Gasteiger partial charge is 0.255 e. The van der Waals surface area contributed by atoms with Crippen molar-refractivity contribution >= 4 is 23.2 Å². The number of anilines is 1. The van der Waals surface area contributed by atoms with Gasteiger partial charge in [-0.25, -0.2) is 0 Å². The molecule has 0 heterocycles. The van der Waals surface area contributed by atoms with E-state index in [1.807, 2.05) is 37.3 Å². The fourth-order valence-electron chi connectivity index (χ4n) is 2.84. The molecular weight excluding hydrogens is 390 g/mol. The molecule has 0 aliphatic heterocycles. The molecule has 5 nitrogen and oxygen atoms in total. The highest BCUT2D eigenvalue weighted by molar-refractivity contribution is 6.30. The predicted molar refractivity (Wildman–Crippen MR) is 114 cm³/mol. The number of nitrogens with one attached hydrogen (secondary N) is 1. The minimum absolute atomic E-state index is 0.290. The molecule has 6 heteroatoms. The Morgan fingerprint density at radius 1 is 0.966 bits per heavy atom. The fraction of sp³-hybridized carbons (Fsp3) is 0.174. The standard InChI is InChI=1S/C23H22ClNO4/c1-15-11-18(24)9-10-19(15)25-23(26)17-12-20(27-2)22(21(13-17)28-3)29-14-16-7-5-4-6-8-16/h4-13H,14H2,1-3H3,(H,25,26). The summed E-state index contributed by atoms with van der Waals surface area (Å²) in [5, 5.41) is 3.50. The maximum Gasteiger partial charge on any atom is 0.255 e. The number of halogens is 1. The van der Waals surface area contributed by atoms with E-state index in [1.165, 1.54) is 14.2 Å². The molecule has 0 aromatic heterocycles. The van der Waals surface area contributed by atoms with Crippen molar-refractivity contribution in [3.63, 3.8) is 0 Å².